The monoisotopic (exact) mass is 450 g/mol. The molecule has 8 N–H and O–H groups in total. The molecule has 2 aromatic rings. The predicted octanol–water partition coefficient (Wildman–Crippen LogP) is 2.15. The number of nitrogens with zero attached hydrogens (tertiary/aromatic N) is 4. The molecule has 0 aromatic carbocycles. The van der Waals surface area contributed by atoms with E-state index in [4.69, 9.17) is 39.3 Å². The summed E-state index contributed by atoms with van der Waals surface area (Å²) >= 11 is 7.50. The van der Waals surface area contributed by atoms with Crippen LogP contribution >= 0.6 is 23.4 Å². The fourth-order valence-corrected chi connectivity index (χ4v) is 5.54. The fraction of sp³-hybridized carbons (Fsp3) is 0.526. The van der Waals surface area contributed by atoms with Crippen LogP contribution in [0.5, 0.6) is 0 Å². The number of nitrogens with two attached hydrogens (primary N) is 4. The molecule has 2 aliphatic rings. The van der Waals surface area contributed by atoms with Crippen LogP contribution in [0.15, 0.2) is 22.2 Å². The molecule has 1 saturated heterocycles. The number of aromatic nitrogens is 3. The maximum absolute atomic E-state index is 6.46. The van der Waals surface area contributed by atoms with Gasteiger partial charge in [-0.05, 0) is 37.2 Å². The number of piperidine rings is 1. The minimum absolute atomic E-state index is 0.157. The Morgan fingerprint density at radius 3 is 2.57 bits per heavy atom. The van der Waals surface area contributed by atoms with Crippen LogP contribution in [0.4, 0.5) is 23.3 Å². The Labute approximate surface area is 184 Å². The van der Waals surface area contributed by atoms with Crippen molar-refractivity contribution < 1.29 is 4.74 Å². The number of anilines is 4. The highest BCUT2D eigenvalue weighted by Gasteiger charge is 2.47. The topological polar surface area (TPSA) is 155 Å². The lowest BCUT2D eigenvalue weighted by Crippen LogP contribution is -2.47. The van der Waals surface area contributed by atoms with Crippen molar-refractivity contribution in [1.29, 1.82) is 0 Å². The van der Waals surface area contributed by atoms with E-state index in [9.17, 15) is 0 Å². The summed E-state index contributed by atoms with van der Waals surface area (Å²) < 4.78 is 5.56. The first kappa shape index (κ1) is 21.2. The lowest BCUT2D eigenvalue weighted by molar-refractivity contribution is 0.0891. The summed E-state index contributed by atoms with van der Waals surface area (Å²) in [7, 11) is 1.77. The zero-order valence-electron chi connectivity index (χ0n) is 16.8. The summed E-state index contributed by atoms with van der Waals surface area (Å²) in [5, 5.41) is 0.864. The predicted molar refractivity (Wildman–Crippen MR) is 121 cm³/mol. The molecular formula is C19H27ClN8OS. The molecule has 4 rings (SSSR count). The minimum atomic E-state index is 0.157. The molecule has 30 heavy (non-hydrogen) atoms. The molecule has 2 fully saturated rings. The van der Waals surface area contributed by atoms with Gasteiger partial charge in [0.2, 0.25) is 0 Å². The Kier molecular flexibility index (Phi) is 5.84. The van der Waals surface area contributed by atoms with Crippen molar-refractivity contribution in [2.75, 3.05) is 42.3 Å². The van der Waals surface area contributed by atoms with Crippen molar-refractivity contribution in [3.63, 3.8) is 0 Å². The third-order valence-electron chi connectivity index (χ3n) is 6.28. The van der Waals surface area contributed by atoms with Gasteiger partial charge in [0.15, 0.2) is 5.82 Å². The second kappa shape index (κ2) is 8.26. The van der Waals surface area contributed by atoms with Gasteiger partial charge in [0.05, 0.1) is 17.3 Å². The number of hydrogen-bond donors (Lipinski definition) is 4. The minimum Gasteiger partial charge on any atom is -0.384 e. The second-order valence-electron chi connectivity index (χ2n) is 8.02. The Morgan fingerprint density at radius 1 is 1.20 bits per heavy atom. The highest BCUT2D eigenvalue weighted by Crippen LogP contribution is 2.47. The van der Waals surface area contributed by atoms with Crippen LogP contribution in [0.25, 0.3) is 0 Å². The van der Waals surface area contributed by atoms with Crippen molar-refractivity contribution in [3.8, 4) is 0 Å². The average Bonchev–Trinajstić information content (AvgIpc) is 3.03. The number of nitrogen functional groups attached to an aromatic ring is 3. The van der Waals surface area contributed by atoms with Gasteiger partial charge in [-0.15, -0.1) is 0 Å². The number of rotatable bonds is 4. The Morgan fingerprint density at radius 2 is 1.93 bits per heavy atom. The molecular weight excluding hydrogens is 424 g/mol. The van der Waals surface area contributed by atoms with E-state index in [0.29, 0.717) is 20.8 Å². The Hall–Kier alpha value is -2.01. The first-order valence-corrected chi connectivity index (χ1v) is 11.1. The van der Waals surface area contributed by atoms with Crippen molar-refractivity contribution >= 4 is 46.6 Å². The van der Waals surface area contributed by atoms with E-state index < -0.39 is 0 Å². The summed E-state index contributed by atoms with van der Waals surface area (Å²) in [6.07, 6.45) is 5.99. The van der Waals surface area contributed by atoms with Gasteiger partial charge in [-0.25, -0.2) is 15.0 Å². The van der Waals surface area contributed by atoms with E-state index in [1.807, 2.05) is 0 Å². The van der Waals surface area contributed by atoms with Gasteiger partial charge in [-0.1, -0.05) is 23.4 Å². The summed E-state index contributed by atoms with van der Waals surface area (Å²) in [4.78, 5) is 15.9. The second-order valence-corrected chi connectivity index (χ2v) is 9.43. The van der Waals surface area contributed by atoms with Gasteiger partial charge in [-0.2, -0.15) is 0 Å². The van der Waals surface area contributed by atoms with Crippen molar-refractivity contribution in [1.82, 2.24) is 15.0 Å². The molecule has 2 aromatic heterocycles. The van der Waals surface area contributed by atoms with Crippen LogP contribution in [0, 0.1) is 5.41 Å². The lowest BCUT2D eigenvalue weighted by atomic mass is 9.74. The first-order valence-electron chi connectivity index (χ1n) is 9.86. The van der Waals surface area contributed by atoms with E-state index in [-0.39, 0.29) is 29.2 Å². The van der Waals surface area contributed by atoms with Crippen molar-refractivity contribution in [2.45, 2.75) is 47.8 Å². The molecule has 3 heterocycles. The van der Waals surface area contributed by atoms with Gasteiger partial charge in [0.25, 0.3) is 0 Å². The fourth-order valence-electron chi connectivity index (χ4n) is 4.49. The maximum atomic E-state index is 6.46. The molecule has 0 unspecified atom stereocenters. The number of hydrogen-bond acceptors (Lipinski definition) is 10. The standard InChI is InChI=1S/C19H27ClN8OS/c1-29-10-6-12(21)19(8-10)2-4-28(5-3-19)14-9-25-18(17(24)27-14)30-11-7-13(22)26-16(23)15(11)20/h7,9-10,12H,2-6,8,21H2,1H3,(H2,24,27)(H4,22,23,26)/t10-,12+/m0/s1. The molecule has 0 amide bonds. The molecule has 2 atom stereocenters. The van der Waals surface area contributed by atoms with E-state index in [0.717, 1.165) is 44.6 Å². The van der Waals surface area contributed by atoms with Crippen molar-refractivity contribution in [2.24, 2.45) is 11.1 Å². The third-order valence-corrected chi connectivity index (χ3v) is 7.84. The molecule has 162 valence electrons. The smallest absolute Gasteiger partial charge is 0.158 e. The summed E-state index contributed by atoms with van der Waals surface area (Å²) in [6.45, 7) is 1.74. The SMILES string of the molecule is CO[C@H]1C[C@@H](N)C2(CCN(c3cnc(Sc4cc(N)nc(N)c4Cl)c(N)n3)CC2)C1. The zero-order chi connectivity index (χ0) is 21.5. The zero-order valence-corrected chi connectivity index (χ0v) is 18.4. The summed E-state index contributed by atoms with van der Waals surface area (Å²) in [5.41, 5.74) is 24.4. The first-order chi connectivity index (χ1) is 14.3. The molecule has 11 heteroatoms. The molecule has 9 nitrogen and oxygen atoms in total. The number of methoxy groups -OCH3 is 1. The maximum Gasteiger partial charge on any atom is 0.158 e. The van der Waals surface area contributed by atoms with E-state index >= 15 is 0 Å². The normalized spacial score (nSPS) is 23.2. The van der Waals surface area contributed by atoms with E-state index in [1.54, 1.807) is 19.4 Å². The molecule has 1 spiro atoms. The molecule has 1 saturated carbocycles. The van der Waals surface area contributed by atoms with Gasteiger partial charge in [0, 0.05) is 31.1 Å². The molecule has 0 bridgehead atoms. The van der Waals surface area contributed by atoms with Crippen molar-refractivity contribution in [3.05, 3.63) is 17.3 Å². The van der Waals surface area contributed by atoms with Crippen LogP contribution in [-0.2, 0) is 4.74 Å². The van der Waals surface area contributed by atoms with E-state index in [2.05, 4.69) is 19.9 Å². The highest BCUT2D eigenvalue weighted by atomic mass is 35.5. The molecule has 1 aliphatic carbocycles. The summed E-state index contributed by atoms with van der Waals surface area (Å²) in [6, 6.07) is 1.82. The quantitative estimate of drug-likeness (QED) is 0.544. The number of ether oxygens (including phenoxy) is 1. The summed E-state index contributed by atoms with van der Waals surface area (Å²) in [5.74, 6) is 1.55. The van der Waals surface area contributed by atoms with Crippen LogP contribution in [0.3, 0.4) is 0 Å². The third kappa shape index (κ3) is 3.96. The number of halogens is 1. The van der Waals surface area contributed by atoms with Crippen LogP contribution in [0.2, 0.25) is 5.02 Å². The lowest BCUT2D eigenvalue weighted by Gasteiger charge is -2.42. The van der Waals surface area contributed by atoms with Crippen LogP contribution in [0.1, 0.15) is 25.7 Å². The van der Waals surface area contributed by atoms with E-state index in [1.165, 1.54) is 11.8 Å². The highest BCUT2D eigenvalue weighted by molar-refractivity contribution is 7.99. The largest absolute Gasteiger partial charge is 0.384 e. The Bertz CT molecular complexity index is 937. The number of pyridine rings is 1. The molecule has 0 radical (unpaired) electrons. The van der Waals surface area contributed by atoms with Crippen LogP contribution < -0.4 is 27.8 Å². The van der Waals surface area contributed by atoms with Gasteiger partial charge >= 0.3 is 0 Å². The average molecular weight is 451 g/mol. The van der Waals surface area contributed by atoms with Gasteiger partial charge in [0.1, 0.15) is 22.5 Å². The Balaban J connectivity index is 1.46. The van der Waals surface area contributed by atoms with Gasteiger partial charge in [-0.3, -0.25) is 0 Å². The molecule has 1 aliphatic heterocycles. The van der Waals surface area contributed by atoms with Gasteiger partial charge < -0.3 is 32.6 Å². The van der Waals surface area contributed by atoms with Crippen LogP contribution in [-0.4, -0.2) is 47.3 Å².